The van der Waals surface area contributed by atoms with Crippen molar-refractivity contribution in [2.24, 2.45) is 0 Å². The van der Waals surface area contributed by atoms with E-state index in [-0.39, 0.29) is 29.9 Å². The second kappa shape index (κ2) is 11.6. The molecule has 31 heavy (non-hydrogen) atoms. The van der Waals surface area contributed by atoms with Gasteiger partial charge in [0.15, 0.2) is 18.1 Å². The molecule has 0 fully saturated rings. The van der Waals surface area contributed by atoms with Crippen LogP contribution in [-0.2, 0) is 17.6 Å². The number of alkyl halides is 3. The number of rotatable bonds is 11. The molecule has 1 atom stereocenters. The van der Waals surface area contributed by atoms with Gasteiger partial charge in [-0.2, -0.15) is 13.2 Å². The van der Waals surface area contributed by atoms with Crippen molar-refractivity contribution >= 4 is 5.91 Å². The van der Waals surface area contributed by atoms with E-state index in [4.69, 9.17) is 9.47 Å². The number of methoxy groups -OCH3 is 1. The highest BCUT2D eigenvalue weighted by atomic mass is 19.4. The highest BCUT2D eigenvalue weighted by Gasteiger charge is 2.29. The van der Waals surface area contributed by atoms with Gasteiger partial charge in [-0.15, -0.1) is 0 Å². The first-order chi connectivity index (χ1) is 14.7. The molecule has 2 rings (SSSR count). The van der Waals surface area contributed by atoms with Crippen LogP contribution < -0.4 is 14.8 Å². The zero-order valence-electron chi connectivity index (χ0n) is 18.0. The lowest BCUT2D eigenvalue weighted by atomic mass is 10.0. The molecule has 1 N–H and O–H groups in total. The van der Waals surface area contributed by atoms with E-state index in [2.05, 4.69) is 5.32 Å². The lowest BCUT2D eigenvalue weighted by Crippen LogP contribution is -2.43. The van der Waals surface area contributed by atoms with Crippen LogP contribution in [0.2, 0.25) is 0 Å². The molecule has 0 aliphatic rings. The number of carbonyl (C=O) groups excluding carboxylic acids is 1. The Morgan fingerprint density at radius 3 is 2.39 bits per heavy atom. The first-order valence-electron chi connectivity index (χ1n) is 10.0. The van der Waals surface area contributed by atoms with E-state index in [9.17, 15) is 18.0 Å². The Balaban J connectivity index is 1.93. The summed E-state index contributed by atoms with van der Waals surface area (Å²) in [5.74, 6) is 0.137. The Morgan fingerprint density at radius 2 is 1.77 bits per heavy atom. The first-order valence-corrected chi connectivity index (χ1v) is 10.0. The summed E-state index contributed by atoms with van der Waals surface area (Å²) in [6.45, 7) is -0.681. The van der Waals surface area contributed by atoms with E-state index in [0.29, 0.717) is 13.0 Å². The standard InChI is InChI=1S/C23H29F3N2O3/c1-28(2)15-19(13-17-7-5-4-6-8-17)27-22(29)12-10-18-9-11-20(21(14-18)30-3)31-16-23(24,25)26/h4-9,11,14,19H,10,12-13,15-16H2,1-3H3,(H,27,29). The maximum absolute atomic E-state index is 12.5. The lowest BCUT2D eigenvalue weighted by molar-refractivity contribution is -0.153. The smallest absolute Gasteiger partial charge is 0.422 e. The molecular formula is C23H29F3N2O3. The van der Waals surface area contributed by atoms with Gasteiger partial charge in [0.1, 0.15) is 0 Å². The molecular weight excluding hydrogens is 409 g/mol. The van der Waals surface area contributed by atoms with Crippen molar-refractivity contribution in [2.45, 2.75) is 31.5 Å². The third-order valence-corrected chi connectivity index (χ3v) is 4.54. The third-order valence-electron chi connectivity index (χ3n) is 4.54. The molecule has 0 aliphatic carbocycles. The van der Waals surface area contributed by atoms with Crippen molar-refractivity contribution in [3.63, 3.8) is 0 Å². The van der Waals surface area contributed by atoms with E-state index in [1.165, 1.54) is 13.2 Å². The number of halogens is 3. The van der Waals surface area contributed by atoms with Crippen LogP contribution in [0, 0.1) is 0 Å². The van der Waals surface area contributed by atoms with Crippen LogP contribution in [0.25, 0.3) is 0 Å². The van der Waals surface area contributed by atoms with Gasteiger partial charge in [-0.3, -0.25) is 4.79 Å². The normalized spacial score (nSPS) is 12.5. The molecule has 170 valence electrons. The van der Waals surface area contributed by atoms with Crippen molar-refractivity contribution < 1.29 is 27.4 Å². The van der Waals surface area contributed by atoms with Gasteiger partial charge in [-0.05, 0) is 50.2 Å². The number of carbonyl (C=O) groups is 1. The minimum Gasteiger partial charge on any atom is -0.493 e. The number of amides is 1. The number of hydrogen-bond donors (Lipinski definition) is 1. The molecule has 0 aromatic heterocycles. The highest BCUT2D eigenvalue weighted by Crippen LogP contribution is 2.30. The molecule has 0 heterocycles. The summed E-state index contributed by atoms with van der Waals surface area (Å²) in [4.78, 5) is 14.5. The number of likely N-dealkylation sites (N-methyl/N-ethyl adjacent to an activating group) is 1. The van der Waals surface area contributed by atoms with E-state index < -0.39 is 12.8 Å². The van der Waals surface area contributed by atoms with Gasteiger partial charge in [0.25, 0.3) is 0 Å². The van der Waals surface area contributed by atoms with Crippen LogP contribution in [-0.4, -0.2) is 57.4 Å². The zero-order chi connectivity index (χ0) is 22.9. The largest absolute Gasteiger partial charge is 0.493 e. The molecule has 8 heteroatoms. The Bertz CT molecular complexity index is 827. The summed E-state index contributed by atoms with van der Waals surface area (Å²) in [6, 6.07) is 14.6. The summed E-state index contributed by atoms with van der Waals surface area (Å²) < 4.78 is 47.0. The van der Waals surface area contributed by atoms with Crippen molar-refractivity contribution in [1.82, 2.24) is 10.2 Å². The molecule has 0 saturated heterocycles. The third kappa shape index (κ3) is 9.29. The summed E-state index contributed by atoms with van der Waals surface area (Å²) >= 11 is 0. The quantitative estimate of drug-likeness (QED) is 0.579. The van der Waals surface area contributed by atoms with E-state index in [1.54, 1.807) is 12.1 Å². The minimum absolute atomic E-state index is 0.0157. The Kier molecular flexibility index (Phi) is 9.18. The minimum atomic E-state index is -4.43. The van der Waals surface area contributed by atoms with E-state index in [0.717, 1.165) is 17.5 Å². The van der Waals surface area contributed by atoms with Gasteiger partial charge in [0.05, 0.1) is 7.11 Å². The first kappa shape index (κ1) is 24.5. The van der Waals surface area contributed by atoms with E-state index >= 15 is 0 Å². The van der Waals surface area contributed by atoms with Crippen LogP contribution in [0.3, 0.4) is 0 Å². The number of ether oxygens (including phenoxy) is 2. The SMILES string of the molecule is COc1cc(CCC(=O)NC(Cc2ccccc2)CN(C)C)ccc1OCC(F)(F)F. The molecule has 5 nitrogen and oxygen atoms in total. The van der Waals surface area contributed by atoms with Gasteiger partial charge >= 0.3 is 6.18 Å². The van der Waals surface area contributed by atoms with Gasteiger partial charge in [-0.25, -0.2) is 0 Å². The molecule has 0 aliphatic heterocycles. The average Bonchev–Trinajstić information content (AvgIpc) is 2.70. The maximum atomic E-state index is 12.5. The number of aryl methyl sites for hydroxylation is 1. The van der Waals surface area contributed by atoms with Crippen molar-refractivity contribution in [3.05, 3.63) is 59.7 Å². The Labute approximate surface area is 181 Å². The molecule has 1 amide bonds. The predicted molar refractivity (Wildman–Crippen MR) is 113 cm³/mol. The molecule has 0 radical (unpaired) electrons. The molecule has 0 saturated carbocycles. The van der Waals surface area contributed by atoms with Crippen molar-refractivity contribution in [3.8, 4) is 11.5 Å². The Morgan fingerprint density at radius 1 is 1.06 bits per heavy atom. The Hall–Kier alpha value is -2.74. The number of nitrogens with zero attached hydrogens (tertiary/aromatic N) is 1. The molecule has 1 unspecified atom stereocenters. The van der Waals surface area contributed by atoms with Crippen molar-refractivity contribution in [1.29, 1.82) is 0 Å². The van der Waals surface area contributed by atoms with Crippen LogP contribution in [0.15, 0.2) is 48.5 Å². The number of hydrogen-bond acceptors (Lipinski definition) is 4. The van der Waals surface area contributed by atoms with Crippen LogP contribution in [0.4, 0.5) is 13.2 Å². The van der Waals surface area contributed by atoms with E-state index in [1.807, 2.05) is 49.3 Å². The summed E-state index contributed by atoms with van der Waals surface area (Å²) in [5.41, 5.74) is 1.92. The monoisotopic (exact) mass is 438 g/mol. The van der Waals surface area contributed by atoms with Crippen LogP contribution in [0.1, 0.15) is 17.5 Å². The molecule has 2 aromatic rings. The molecule has 2 aromatic carbocycles. The van der Waals surface area contributed by atoms with Gasteiger partial charge in [0, 0.05) is 19.0 Å². The summed E-state index contributed by atoms with van der Waals surface area (Å²) in [6.07, 6.45) is -3.01. The predicted octanol–water partition coefficient (Wildman–Crippen LogP) is 3.86. The fraction of sp³-hybridized carbons (Fsp3) is 0.435. The fourth-order valence-electron chi connectivity index (χ4n) is 3.20. The highest BCUT2D eigenvalue weighted by molar-refractivity contribution is 5.76. The second-order valence-corrected chi connectivity index (χ2v) is 7.61. The molecule has 0 spiro atoms. The zero-order valence-corrected chi connectivity index (χ0v) is 18.0. The summed E-state index contributed by atoms with van der Waals surface area (Å²) in [7, 11) is 5.28. The lowest BCUT2D eigenvalue weighted by Gasteiger charge is -2.22. The van der Waals surface area contributed by atoms with Gasteiger partial charge in [-0.1, -0.05) is 36.4 Å². The fourth-order valence-corrected chi connectivity index (χ4v) is 3.20. The molecule has 0 bridgehead atoms. The summed E-state index contributed by atoms with van der Waals surface area (Å²) in [5, 5.41) is 3.08. The van der Waals surface area contributed by atoms with Crippen molar-refractivity contribution in [2.75, 3.05) is 34.4 Å². The van der Waals surface area contributed by atoms with Gasteiger partial charge < -0.3 is 19.7 Å². The second-order valence-electron chi connectivity index (χ2n) is 7.61. The number of nitrogens with one attached hydrogen (secondary N) is 1. The number of benzene rings is 2. The topological polar surface area (TPSA) is 50.8 Å². The maximum Gasteiger partial charge on any atom is 0.422 e. The van der Waals surface area contributed by atoms with Crippen LogP contribution >= 0.6 is 0 Å². The average molecular weight is 438 g/mol. The van der Waals surface area contributed by atoms with Crippen LogP contribution in [0.5, 0.6) is 11.5 Å². The van der Waals surface area contributed by atoms with Gasteiger partial charge in [0.2, 0.25) is 5.91 Å².